The Kier molecular flexibility index (Phi) is 13.7. The number of aliphatic carboxylic acids is 2. The molecule has 3 aliphatic carbocycles. The van der Waals surface area contributed by atoms with Crippen molar-refractivity contribution >= 4 is 47.3 Å². The summed E-state index contributed by atoms with van der Waals surface area (Å²) >= 11 is 0. The van der Waals surface area contributed by atoms with Crippen LogP contribution in [0.5, 0.6) is 5.75 Å². The van der Waals surface area contributed by atoms with Crippen LogP contribution in [0.1, 0.15) is 75.3 Å². The van der Waals surface area contributed by atoms with Crippen molar-refractivity contribution in [1.82, 2.24) is 21.3 Å². The average molecular weight is 744 g/mol. The number of ether oxygens (including phenoxy) is 1. The number of ketones is 1. The molecule has 0 aromatic heterocycles. The lowest BCUT2D eigenvalue weighted by Gasteiger charge is -2.48. The van der Waals surface area contributed by atoms with Gasteiger partial charge in [0, 0.05) is 18.4 Å². The van der Waals surface area contributed by atoms with Gasteiger partial charge in [-0.15, -0.1) is 0 Å². The molecule has 1 aromatic rings. The van der Waals surface area contributed by atoms with E-state index in [1.54, 1.807) is 0 Å². The zero-order chi connectivity index (χ0) is 38.9. The van der Waals surface area contributed by atoms with Crippen LogP contribution in [0.4, 0.5) is 0 Å². The van der Waals surface area contributed by atoms with Crippen LogP contribution in [0, 0.1) is 17.3 Å². The van der Waals surface area contributed by atoms with Gasteiger partial charge in [-0.05, 0) is 86.0 Å². The van der Waals surface area contributed by atoms with E-state index in [2.05, 4.69) is 27.9 Å². The third-order valence-electron chi connectivity index (χ3n) is 10.6. The molecular formula is C35H49N7O11. The molecular weight excluding hydrogens is 694 g/mol. The van der Waals surface area contributed by atoms with Crippen LogP contribution in [0.15, 0.2) is 23.2 Å². The van der Waals surface area contributed by atoms with Gasteiger partial charge in [-0.2, -0.15) is 0 Å². The zero-order valence-corrected chi connectivity index (χ0v) is 29.6. The molecule has 7 atom stereocenters. The highest BCUT2D eigenvalue weighted by Gasteiger charge is 2.54. The number of aliphatic imine (C=N–C) groups is 1. The molecule has 18 heteroatoms. The Balaban J connectivity index is 1.33. The first-order valence-corrected chi connectivity index (χ1v) is 17.7. The van der Waals surface area contributed by atoms with E-state index in [0.29, 0.717) is 35.7 Å². The predicted molar refractivity (Wildman–Crippen MR) is 187 cm³/mol. The molecule has 3 aliphatic rings. The summed E-state index contributed by atoms with van der Waals surface area (Å²) in [5.41, 5.74) is 13.0. The number of aliphatic hydroxyl groups is 1. The standard InChI is InChI=1S/C35H49N7O11/c1-35-11-10-21-20-7-5-19(13-18(20)4-6-22(21)23(35)8-9-27(35)44)53-17-29(46)40-24(3-2-12-38-34(36)37)31(49)39-15-28(45)41-25(14-30(47)48)32(50)42-26(16-43)33(51)52/h5,7,13,21-26,43H,2-4,6,8-12,14-17H2,1H3,(H,39,49)(H,40,46)(H,41,45)(H,42,50)(H,47,48)(H,51,52)(H4,36,37,38)/t21-,22-,23+,24+,25+,26+,35+/m1/s1. The number of rotatable bonds is 18. The molecule has 0 radical (unpaired) electrons. The number of guanidine groups is 1. The van der Waals surface area contributed by atoms with Crippen LogP contribution in [-0.2, 0) is 40.0 Å². The number of carbonyl (C=O) groups is 7. The van der Waals surface area contributed by atoms with Crippen LogP contribution in [0.25, 0.3) is 0 Å². The number of carboxylic acids is 2. The van der Waals surface area contributed by atoms with Crippen molar-refractivity contribution in [3.63, 3.8) is 0 Å². The van der Waals surface area contributed by atoms with Crippen LogP contribution in [0.3, 0.4) is 0 Å². The molecule has 0 saturated heterocycles. The van der Waals surface area contributed by atoms with Gasteiger partial charge in [0.25, 0.3) is 5.91 Å². The average Bonchev–Trinajstić information content (AvgIpc) is 3.42. The van der Waals surface area contributed by atoms with Crippen LogP contribution in [-0.4, -0.2) is 107 Å². The molecule has 0 spiro atoms. The maximum absolute atomic E-state index is 13.1. The lowest BCUT2D eigenvalue weighted by Crippen LogP contribution is -2.55. The molecule has 18 nitrogen and oxygen atoms in total. The third-order valence-corrected chi connectivity index (χ3v) is 10.6. The first-order chi connectivity index (χ1) is 25.1. The quantitative estimate of drug-likeness (QED) is 0.0479. The molecule has 0 heterocycles. The number of amides is 4. The molecule has 0 aliphatic heterocycles. The molecule has 0 bridgehead atoms. The van der Waals surface area contributed by atoms with E-state index in [1.807, 2.05) is 23.5 Å². The number of Topliss-reactive ketones (excluding diaryl/α,β-unsaturated/α-hetero) is 1. The molecule has 1 aromatic carbocycles. The molecule has 4 amide bonds. The van der Waals surface area contributed by atoms with E-state index >= 15 is 0 Å². The molecule has 11 N–H and O–H groups in total. The van der Waals surface area contributed by atoms with Crippen LogP contribution >= 0.6 is 0 Å². The van der Waals surface area contributed by atoms with Gasteiger partial charge in [0.15, 0.2) is 12.6 Å². The fourth-order valence-corrected chi connectivity index (χ4v) is 7.95. The number of fused-ring (bicyclic) bond motifs is 5. The Hall–Kier alpha value is -5.26. The minimum absolute atomic E-state index is 0.0603. The topological polar surface area (TPSA) is 302 Å². The summed E-state index contributed by atoms with van der Waals surface area (Å²) in [5.74, 6) is -4.63. The van der Waals surface area contributed by atoms with Gasteiger partial charge < -0.3 is 52.8 Å². The van der Waals surface area contributed by atoms with Crippen molar-refractivity contribution in [1.29, 1.82) is 0 Å². The molecule has 0 unspecified atom stereocenters. The van der Waals surface area contributed by atoms with Gasteiger partial charge in [-0.3, -0.25) is 33.8 Å². The highest BCUT2D eigenvalue weighted by atomic mass is 16.5. The summed E-state index contributed by atoms with van der Waals surface area (Å²) in [5, 5.41) is 36.3. The highest BCUT2D eigenvalue weighted by molar-refractivity contribution is 5.95. The summed E-state index contributed by atoms with van der Waals surface area (Å²) in [4.78, 5) is 90.1. The SMILES string of the molecule is C[C@]12CC[C@@H]3c4ccc(OCC(=O)N[C@@H](CCCN=C(N)N)C(=O)NCC(=O)N[C@@H](CC(=O)O)C(=O)N[C@@H](CO)C(=O)O)cc4CC[C@H]3[C@@H]1CCC2=O. The first-order valence-electron chi connectivity index (χ1n) is 17.7. The van der Waals surface area contributed by atoms with Gasteiger partial charge in [0.1, 0.15) is 29.7 Å². The molecule has 2 saturated carbocycles. The number of hydrogen-bond donors (Lipinski definition) is 9. The van der Waals surface area contributed by atoms with Crippen molar-refractivity contribution in [2.45, 2.75) is 88.8 Å². The molecule has 290 valence electrons. The fraction of sp³-hybridized carbons (Fsp3) is 0.600. The summed E-state index contributed by atoms with van der Waals surface area (Å²) in [6.45, 7) is 0.159. The smallest absolute Gasteiger partial charge is 0.328 e. The normalized spacial score (nSPS) is 23.1. The van der Waals surface area contributed by atoms with E-state index in [9.17, 15) is 33.6 Å². The molecule has 2 fully saturated rings. The monoisotopic (exact) mass is 743 g/mol. The van der Waals surface area contributed by atoms with Crippen molar-refractivity contribution in [3.8, 4) is 5.75 Å². The summed E-state index contributed by atoms with van der Waals surface area (Å²) in [6.07, 6.45) is 4.72. The van der Waals surface area contributed by atoms with Crippen LogP contribution in [0.2, 0.25) is 0 Å². The van der Waals surface area contributed by atoms with E-state index in [1.165, 1.54) is 5.56 Å². The maximum atomic E-state index is 13.1. The van der Waals surface area contributed by atoms with E-state index in [0.717, 1.165) is 37.7 Å². The van der Waals surface area contributed by atoms with Gasteiger partial charge >= 0.3 is 11.9 Å². The van der Waals surface area contributed by atoms with E-state index < -0.39 is 79.9 Å². The molecule has 4 rings (SSSR count). The molecule has 53 heavy (non-hydrogen) atoms. The van der Waals surface area contributed by atoms with Crippen molar-refractivity contribution < 1.29 is 53.6 Å². The highest BCUT2D eigenvalue weighted by Crippen LogP contribution is 2.59. The van der Waals surface area contributed by atoms with Gasteiger partial charge in [0.05, 0.1) is 19.6 Å². The summed E-state index contributed by atoms with van der Waals surface area (Å²) in [6, 6.07) is 1.19. The summed E-state index contributed by atoms with van der Waals surface area (Å²) in [7, 11) is 0. The number of benzene rings is 1. The van der Waals surface area contributed by atoms with Gasteiger partial charge in [-0.25, -0.2) is 4.79 Å². The van der Waals surface area contributed by atoms with Crippen molar-refractivity contribution in [2.24, 2.45) is 33.7 Å². The second-order valence-corrected chi connectivity index (χ2v) is 14.1. The lowest BCUT2D eigenvalue weighted by molar-refractivity contribution is -0.144. The maximum Gasteiger partial charge on any atom is 0.328 e. The van der Waals surface area contributed by atoms with E-state index in [4.69, 9.17) is 31.5 Å². The number of nitrogens with zero attached hydrogens (tertiary/aromatic N) is 1. The third kappa shape index (κ3) is 10.4. The number of hydrogen-bond acceptors (Lipinski definition) is 10. The number of carboxylic acid groups (broad SMARTS) is 2. The van der Waals surface area contributed by atoms with Crippen molar-refractivity contribution in [2.75, 3.05) is 26.3 Å². The number of aliphatic hydroxyl groups excluding tert-OH is 1. The number of carbonyl (C=O) groups excluding carboxylic acids is 5. The lowest BCUT2D eigenvalue weighted by atomic mass is 9.55. The van der Waals surface area contributed by atoms with Crippen LogP contribution < -0.4 is 37.5 Å². The Morgan fingerprint density at radius 1 is 0.962 bits per heavy atom. The Morgan fingerprint density at radius 3 is 2.38 bits per heavy atom. The Morgan fingerprint density at radius 2 is 1.70 bits per heavy atom. The van der Waals surface area contributed by atoms with Gasteiger partial charge in [0.2, 0.25) is 17.7 Å². The first kappa shape index (κ1) is 40.5. The fourth-order valence-electron chi connectivity index (χ4n) is 7.95. The number of nitrogens with two attached hydrogens (primary N) is 2. The Bertz CT molecular complexity index is 1610. The van der Waals surface area contributed by atoms with E-state index in [-0.39, 0.29) is 30.8 Å². The second-order valence-electron chi connectivity index (χ2n) is 14.1. The zero-order valence-electron chi connectivity index (χ0n) is 29.6. The van der Waals surface area contributed by atoms with Crippen molar-refractivity contribution in [3.05, 3.63) is 29.3 Å². The number of nitrogens with one attached hydrogen (secondary N) is 4. The Labute approximate surface area is 305 Å². The second kappa shape index (κ2) is 18.0. The number of aryl methyl sites for hydroxylation is 1. The largest absolute Gasteiger partial charge is 0.484 e. The minimum Gasteiger partial charge on any atom is -0.484 e. The van der Waals surface area contributed by atoms with Gasteiger partial charge in [-0.1, -0.05) is 13.0 Å². The predicted octanol–water partition coefficient (Wildman–Crippen LogP) is -1.33. The summed E-state index contributed by atoms with van der Waals surface area (Å²) < 4.78 is 5.81. The minimum atomic E-state index is -1.74.